The molecule has 5 heteroatoms. The average molecular weight is 283 g/mol. The standard InChI is InChI=1S/C14H12F3NS/c15-11-2-1-9(7-18)10(5-11)8-19-14-6-12(16)3-4-13(14)17/h1-6H,7-8,18H2. The van der Waals surface area contributed by atoms with Gasteiger partial charge in [-0.2, -0.15) is 0 Å². The third-order valence-corrected chi connectivity index (χ3v) is 3.74. The second-order valence-corrected chi connectivity index (χ2v) is 5.00. The van der Waals surface area contributed by atoms with Crippen LogP contribution in [0.3, 0.4) is 0 Å². The van der Waals surface area contributed by atoms with E-state index in [9.17, 15) is 13.2 Å². The summed E-state index contributed by atoms with van der Waals surface area (Å²) in [4.78, 5) is 0.201. The molecule has 2 rings (SSSR count). The molecule has 0 amide bonds. The zero-order valence-corrected chi connectivity index (χ0v) is 10.8. The van der Waals surface area contributed by atoms with Gasteiger partial charge in [0.15, 0.2) is 0 Å². The number of halogens is 3. The molecule has 0 aromatic heterocycles. The van der Waals surface area contributed by atoms with Crippen molar-refractivity contribution >= 4 is 11.8 Å². The van der Waals surface area contributed by atoms with Crippen molar-refractivity contribution in [2.24, 2.45) is 5.73 Å². The normalized spacial score (nSPS) is 10.7. The number of nitrogens with two attached hydrogens (primary N) is 1. The highest BCUT2D eigenvalue weighted by atomic mass is 32.2. The molecule has 0 fully saturated rings. The Kier molecular flexibility index (Phi) is 4.50. The average Bonchev–Trinajstić information content (AvgIpc) is 2.40. The molecular weight excluding hydrogens is 271 g/mol. The Morgan fingerprint density at radius 1 is 0.895 bits per heavy atom. The second-order valence-electron chi connectivity index (χ2n) is 3.98. The molecule has 0 heterocycles. The van der Waals surface area contributed by atoms with Crippen LogP contribution in [0.5, 0.6) is 0 Å². The fraction of sp³-hybridized carbons (Fsp3) is 0.143. The van der Waals surface area contributed by atoms with Crippen LogP contribution in [0.15, 0.2) is 41.3 Å². The van der Waals surface area contributed by atoms with Crippen molar-refractivity contribution in [2.45, 2.75) is 17.2 Å². The number of hydrogen-bond donors (Lipinski definition) is 1. The van der Waals surface area contributed by atoms with Gasteiger partial charge < -0.3 is 5.73 Å². The van der Waals surface area contributed by atoms with Crippen molar-refractivity contribution in [1.29, 1.82) is 0 Å². The van der Waals surface area contributed by atoms with Gasteiger partial charge in [0, 0.05) is 17.2 Å². The minimum Gasteiger partial charge on any atom is -0.326 e. The Bertz CT molecular complexity index is 587. The lowest BCUT2D eigenvalue weighted by Gasteiger charge is -2.08. The van der Waals surface area contributed by atoms with E-state index in [2.05, 4.69) is 0 Å². The van der Waals surface area contributed by atoms with Gasteiger partial charge in [0.2, 0.25) is 0 Å². The molecule has 2 aromatic rings. The zero-order chi connectivity index (χ0) is 13.8. The van der Waals surface area contributed by atoms with Crippen LogP contribution in [-0.4, -0.2) is 0 Å². The van der Waals surface area contributed by atoms with Crippen LogP contribution in [0.2, 0.25) is 0 Å². The van der Waals surface area contributed by atoms with E-state index in [1.165, 1.54) is 12.1 Å². The Morgan fingerprint density at radius 3 is 2.32 bits per heavy atom. The lowest BCUT2D eigenvalue weighted by atomic mass is 10.1. The molecule has 0 bridgehead atoms. The summed E-state index contributed by atoms with van der Waals surface area (Å²) < 4.78 is 39.6. The second kappa shape index (κ2) is 6.12. The van der Waals surface area contributed by atoms with Gasteiger partial charge in [-0.25, -0.2) is 13.2 Å². The molecule has 1 nitrogen and oxygen atoms in total. The van der Waals surface area contributed by atoms with Gasteiger partial charge in [-0.3, -0.25) is 0 Å². The van der Waals surface area contributed by atoms with E-state index in [0.29, 0.717) is 11.3 Å². The molecule has 0 radical (unpaired) electrons. The maximum atomic E-state index is 13.4. The largest absolute Gasteiger partial charge is 0.326 e. The van der Waals surface area contributed by atoms with Crippen molar-refractivity contribution in [2.75, 3.05) is 0 Å². The Balaban J connectivity index is 2.18. The Hall–Kier alpha value is -1.46. The molecule has 19 heavy (non-hydrogen) atoms. The predicted octanol–water partition coefficient (Wildman–Crippen LogP) is 3.85. The van der Waals surface area contributed by atoms with E-state index in [1.54, 1.807) is 6.07 Å². The van der Waals surface area contributed by atoms with Crippen LogP contribution < -0.4 is 5.73 Å². The van der Waals surface area contributed by atoms with Crippen LogP contribution in [0.1, 0.15) is 11.1 Å². The Morgan fingerprint density at radius 2 is 1.58 bits per heavy atom. The molecule has 2 N–H and O–H groups in total. The number of hydrogen-bond acceptors (Lipinski definition) is 2. The van der Waals surface area contributed by atoms with E-state index in [1.807, 2.05) is 0 Å². The fourth-order valence-electron chi connectivity index (χ4n) is 1.67. The molecular formula is C14H12F3NS. The molecule has 0 aliphatic heterocycles. The first-order valence-corrected chi connectivity index (χ1v) is 6.64. The third kappa shape index (κ3) is 3.52. The summed E-state index contributed by atoms with van der Waals surface area (Å²) in [7, 11) is 0. The summed E-state index contributed by atoms with van der Waals surface area (Å²) in [6.07, 6.45) is 0. The van der Waals surface area contributed by atoms with Crippen molar-refractivity contribution in [1.82, 2.24) is 0 Å². The minimum absolute atomic E-state index is 0.201. The van der Waals surface area contributed by atoms with Crippen LogP contribution in [0.4, 0.5) is 13.2 Å². The van der Waals surface area contributed by atoms with Crippen LogP contribution in [0, 0.1) is 17.5 Å². The number of benzene rings is 2. The predicted molar refractivity (Wildman–Crippen MR) is 70.2 cm³/mol. The maximum Gasteiger partial charge on any atom is 0.136 e. The van der Waals surface area contributed by atoms with E-state index in [-0.39, 0.29) is 17.3 Å². The van der Waals surface area contributed by atoms with Gasteiger partial charge in [0.05, 0.1) is 0 Å². The van der Waals surface area contributed by atoms with Crippen LogP contribution in [0.25, 0.3) is 0 Å². The van der Waals surface area contributed by atoms with Gasteiger partial charge in [-0.1, -0.05) is 6.07 Å². The molecule has 0 atom stereocenters. The lowest BCUT2D eigenvalue weighted by Crippen LogP contribution is -2.01. The molecule has 0 unspecified atom stereocenters. The van der Waals surface area contributed by atoms with E-state index in [4.69, 9.17) is 5.73 Å². The third-order valence-electron chi connectivity index (χ3n) is 2.66. The zero-order valence-electron chi connectivity index (χ0n) is 10.00. The van der Waals surface area contributed by atoms with Gasteiger partial charge in [-0.15, -0.1) is 11.8 Å². The smallest absolute Gasteiger partial charge is 0.136 e. The summed E-state index contributed by atoms with van der Waals surface area (Å²) in [5, 5.41) is 0. The highest BCUT2D eigenvalue weighted by molar-refractivity contribution is 7.98. The summed E-state index contributed by atoms with van der Waals surface area (Å²) in [6.45, 7) is 0.280. The summed E-state index contributed by atoms with van der Waals surface area (Å²) >= 11 is 1.12. The lowest BCUT2D eigenvalue weighted by molar-refractivity contribution is 0.577. The summed E-state index contributed by atoms with van der Waals surface area (Å²) in [6, 6.07) is 7.57. The number of rotatable bonds is 4. The van der Waals surface area contributed by atoms with Crippen molar-refractivity contribution in [3.05, 3.63) is 65.0 Å². The van der Waals surface area contributed by atoms with Gasteiger partial charge in [0.1, 0.15) is 17.5 Å². The SMILES string of the molecule is NCc1ccc(F)cc1CSc1cc(F)ccc1F. The first-order chi connectivity index (χ1) is 9.10. The highest BCUT2D eigenvalue weighted by Crippen LogP contribution is 2.27. The quantitative estimate of drug-likeness (QED) is 0.862. The molecule has 2 aromatic carbocycles. The summed E-state index contributed by atoms with van der Waals surface area (Å²) in [5.41, 5.74) is 7.05. The van der Waals surface area contributed by atoms with E-state index in [0.717, 1.165) is 35.5 Å². The molecule has 0 aliphatic rings. The molecule has 0 saturated heterocycles. The fourth-order valence-corrected chi connectivity index (χ4v) is 2.65. The summed E-state index contributed by atoms with van der Waals surface area (Å²) in [5.74, 6) is -1.02. The minimum atomic E-state index is -0.498. The first-order valence-electron chi connectivity index (χ1n) is 5.65. The van der Waals surface area contributed by atoms with Crippen molar-refractivity contribution in [3.63, 3.8) is 0 Å². The Labute approximate surface area is 113 Å². The van der Waals surface area contributed by atoms with Crippen LogP contribution in [-0.2, 0) is 12.3 Å². The van der Waals surface area contributed by atoms with Crippen molar-refractivity contribution in [3.8, 4) is 0 Å². The molecule has 0 aliphatic carbocycles. The molecule has 0 saturated carbocycles. The van der Waals surface area contributed by atoms with Gasteiger partial charge in [-0.05, 0) is 41.5 Å². The molecule has 100 valence electrons. The number of thioether (sulfide) groups is 1. The maximum absolute atomic E-state index is 13.4. The first kappa shape index (κ1) is 14.0. The highest BCUT2D eigenvalue weighted by Gasteiger charge is 2.08. The van der Waals surface area contributed by atoms with Crippen LogP contribution >= 0.6 is 11.8 Å². The van der Waals surface area contributed by atoms with Gasteiger partial charge in [0.25, 0.3) is 0 Å². The molecule has 0 spiro atoms. The topological polar surface area (TPSA) is 26.0 Å². The monoisotopic (exact) mass is 283 g/mol. The van der Waals surface area contributed by atoms with Crippen molar-refractivity contribution < 1.29 is 13.2 Å². The van der Waals surface area contributed by atoms with E-state index < -0.39 is 11.6 Å². The van der Waals surface area contributed by atoms with E-state index >= 15 is 0 Å². The van der Waals surface area contributed by atoms with Gasteiger partial charge >= 0.3 is 0 Å².